The Hall–Kier alpha value is -3.73. The maximum Gasteiger partial charge on any atom is 0.416 e. The number of rotatable bonds is 5. The van der Waals surface area contributed by atoms with Crippen molar-refractivity contribution in [1.82, 2.24) is 4.90 Å². The first kappa shape index (κ1) is 26.9. The second kappa shape index (κ2) is 10.5. The van der Waals surface area contributed by atoms with Crippen LogP contribution in [-0.4, -0.2) is 23.8 Å². The molecule has 0 atom stereocenters. The smallest absolute Gasteiger partial charge is 0.354 e. The number of benzene rings is 3. The summed E-state index contributed by atoms with van der Waals surface area (Å²) >= 11 is 6.02. The predicted molar refractivity (Wildman–Crippen MR) is 123 cm³/mol. The summed E-state index contributed by atoms with van der Waals surface area (Å²) in [5.41, 5.74) is -2.30. The Balaban J connectivity index is 1.79. The fourth-order valence-electron chi connectivity index (χ4n) is 3.21. The van der Waals surface area contributed by atoms with Crippen LogP contribution in [0.3, 0.4) is 0 Å². The molecule has 2 amide bonds. The molecule has 0 fully saturated rings. The molecule has 36 heavy (non-hydrogen) atoms. The molecule has 3 rings (SSSR count). The van der Waals surface area contributed by atoms with Gasteiger partial charge in [0.1, 0.15) is 0 Å². The van der Waals surface area contributed by atoms with E-state index < -0.39 is 47.4 Å². The van der Waals surface area contributed by atoms with Crippen LogP contribution in [0.5, 0.6) is 0 Å². The molecule has 2 N–H and O–H groups in total. The fraction of sp³-hybridized carbons (Fsp3) is 0.167. The second-order valence-corrected chi connectivity index (χ2v) is 8.15. The highest BCUT2D eigenvalue weighted by molar-refractivity contribution is 6.40. The van der Waals surface area contributed by atoms with E-state index in [1.54, 1.807) is 30.3 Å². The van der Waals surface area contributed by atoms with E-state index in [0.29, 0.717) is 33.4 Å². The van der Waals surface area contributed by atoms with Crippen molar-refractivity contribution in [2.75, 3.05) is 17.7 Å². The van der Waals surface area contributed by atoms with Crippen molar-refractivity contribution >= 4 is 40.5 Å². The lowest BCUT2D eigenvalue weighted by molar-refractivity contribution is -0.143. The SMILES string of the molecule is CN(Cc1cc(C(F)(F)F)cc(C(F)(F)F)c1)C(=O)C(=O)Nc1ccc(Cl)cc1Nc1ccccc1. The number of hydrogen-bond donors (Lipinski definition) is 2. The summed E-state index contributed by atoms with van der Waals surface area (Å²) in [4.78, 5) is 25.9. The zero-order valence-electron chi connectivity index (χ0n) is 18.5. The minimum atomic E-state index is -5.04. The molecule has 3 aromatic carbocycles. The summed E-state index contributed by atoms with van der Waals surface area (Å²) in [6.07, 6.45) is -10.1. The van der Waals surface area contributed by atoms with Gasteiger partial charge in [-0.2, -0.15) is 26.3 Å². The zero-order chi connectivity index (χ0) is 26.7. The molecule has 0 saturated carbocycles. The number of nitrogens with zero attached hydrogens (tertiary/aromatic N) is 1. The molecule has 0 aliphatic rings. The van der Waals surface area contributed by atoms with E-state index >= 15 is 0 Å². The molecule has 0 radical (unpaired) electrons. The first-order valence-corrected chi connectivity index (χ1v) is 10.6. The van der Waals surface area contributed by atoms with E-state index in [1.807, 2.05) is 0 Å². The molecule has 0 aliphatic carbocycles. The highest BCUT2D eigenvalue weighted by Crippen LogP contribution is 2.36. The maximum absolute atomic E-state index is 13.1. The number of alkyl halides is 6. The molecular weight excluding hydrogens is 512 g/mol. The van der Waals surface area contributed by atoms with E-state index in [-0.39, 0.29) is 11.8 Å². The lowest BCUT2D eigenvalue weighted by atomic mass is 10.0. The van der Waals surface area contributed by atoms with Crippen LogP contribution < -0.4 is 10.6 Å². The van der Waals surface area contributed by atoms with Gasteiger partial charge in [0.05, 0.1) is 22.5 Å². The highest BCUT2D eigenvalue weighted by atomic mass is 35.5. The predicted octanol–water partition coefficient (Wildman–Crippen LogP) is 6.72. The van der Waals surface area contributed by atoms with Crippen LogP contribution in [0.15, 0.2) is 66.7 Å². The van der Waals surface area contributed by atoms with Gasteiger partial charge in [-0.15, -0.1) is 0 Å². The lowest BCUT2D eigenvalue weighted by Gasteiger charge is -2.20. The van der Waals surface area contributed by atoms with Gasteiger partial charge in [0, 0.05) is 24.3 Å². The number of hydrogen-bond acceptors (Lipinski definition) is 3. The Morgan fingerprint density at radius 1 is 0.833 bits per heavy atom. The molecule has 190 valence electrons. The van der Waals surface area contributed by atoms with Gasteiger partial charge >= 0.3 is 24.2 Å². The molecule has 0 saturated heterocycles. The number of likely N-dealkylation sites (N-methyl/N-ethyl adjacent to an activating group) is 1. The molecule has 5 nitrogen and oxygen atoms in total. The average Bonchev–Trinajstić information content (AvgIpc) is 2.79. The minimum Gasteiger partial charge on any atom is -0.354 e. The van der Waals surface area contributed by atoms with Crippen molar-refractivity contribution < 1.29 is 35.9 Å². The minimum absolute atomic E-state index is 0.0141. The van der Waals surface area contributed by atoms with E-state index in [0.717, 1.165) is 7.05 Å². The van der Waals surface area contributed by atoms with Gasteiger partial charge in [-0.3, -0.25) is 9.59 Å². The van der Waals surface area contributed by atoms with Crippen molar-refractivity contribution in [3.8, 4) is 0 Å². The standard InChI is InChI=1S/C24H18ClF6N3O2/c1-34(13-14-9-15(23(26,27)28)11-16(10-14)24(29,30)31)22(36)21(35)33-19-8-7-17(25)12-20(19)32-18-5-3-2-4-6-18/h2-12,32H,13H2,1H3,(H,33,35). The number of amides is 2. The Morgan fingerprint density at radius 3 is 1.97 bits per heavy atom. The number of nitrogens with one attached hydrogen (secondary N) is 2. The Morgan fingerprint density at radius 2 is 1.42 bits per heavy atom. The topological polar surface area (TPSA) is 61.4 Å². The van der Waals surface area contributed by atoms with E-state index in [9.17, 15) is 35.9 Å². The van der Waals surface area contributed by atoms with E-state index in [1.165, 1.54) is 18.2 Å². The van der Waals surface area contributed by atoms with Crippen molar-refractivity contribution in [1.29, 1.82) is 0 Å². The number of carbonyl (C=O) groups is 2. The number of para-hydroxylation sites is 1. The number of carbonyl (C=O) groups excluding carboxylic acids is 2. The average molecular weight is 530 g/mol. The van der Waals surface area contributed by atoms with Crippen LogP contribution in [0.1, 0.15) is 16.7 Å². The van der Waals surface area contributed by atoms with E-state index in [2.05, 4.69) is 10.6 Å². The lowest BCUT2D eigenvalue weighted by Crippen LogP contribution is -2.36. The molecule has 3 aromatic rings. The van der Waals surface area contributed by atoms with Crippen molar-refractivity contribution in [3.05, 3.63) is 88.4 Å². The van der Waals surface area contributed by atoms with Crippen molar-refractivity contribution in [3.63, 3.8) is 0 Å². The first-order chi connectivity index (χ1) is 16.7. The summed E-state index contributed by atoms with van der Waals surface area (Å²) < 4.78 is 78.6. The summed E-state index contributed by atoms with van der Waals surface area (Å²) in [6.45, 7) is -0.672. The van der Waals surface area contributed by atoms with Crippen molar-refractivity contribution in [2.45, 2.75) is 18.9 Å². The molecule has 0 aliphatic heterocycles. The van der Waals surface area contributed by atoms with Gasteiger partial charge < -0.3 is 15.5 Å². The largest absolute Gasteiger partial charge is 0.416 e. The molecular formula is C24H18ClF6N3O2. The summed E-state index contributed by atoms with van der Waals surface area (Å²) in [5.74, 6) is -2.33. The normalized spacial score (nSPS) is 11.7. The van der Waals surface area contributed by atoms with Crippen LogP contribution >= 0.6 is 11.6 Å². The van der Waals surface area contributed by atoms with Gasteiger partial charge in [0.2, 0.25) is 0 Å². The Bertz CT molecular complexity index is 1230. The van der Waals surface area contributed by atoms with Crippen molar-refractivity contribution in [2.24, 2.45) is 0 Å². The summed E-state index contributed by atoms with van der Waals surface area (Å²) in [7, 11) is 1.08. The third-order valence-electron chi connectivity index (χ3n) is 4.89. The van der Waals surface area contributed by atoms with Crippen LogP contribution in [0, 0.1) is 0 Å². The molecule has 0 spiro atoms. The van der Waals surface area contributed by atoms with Crippen LogP contribution in [0.4, 0.5) is 43.4 Å². The van der Waals surface area contributed by atoms with E-state index in [4.69, 9.17) is 11.6 Å². The van der Waals surface area contributed by atoms with Crippen LogP contribution in [-0.2, 0) is 28.5 Å². The van der Waals surface area contributed by atoms with Crippen LogP contribution in [0.2, 0.25) is 5.02 Å². The molecule has 0 aromatic heterocycles. The highest BCUT2D eigenvalue weighted by Gasteiger charge is 2.37. The number of anilines is 3. The molecule has 12 heteroatoms. The summed E-state index contributed by atoms with van der Waals surface area (Å²) in [6, 6.07) is 14.2. The van der Waals surface area contributed by atoms with Gasteiger partial charge in [0.25, 0.3) is 0 Å². The molecule has 0 bridgehead atoms. The van der Waals surface area contributed by atoms with Gasteiger partial charge in [0.15, 0.2) is 0 Å². The molecule has 0 heterocycles. The Kier molecular flexibility index (Phi) is 7.83. The third-order valence-corrected chi connectivity index (χ3v) is 5.13. The van der Waals surface area contributed by atoms with Gasteiger partial charge in [-0.05, 0) is 54.1 Å². The maximum atomic E-state index is 13.1. The fourth-order valence-corrected chi connectivity index (χ4v) is 3.38. The van der Waals surface area contributed by atoms with Crippen LogP contribution in [0.25, 0.3) is 0 Å². The van der Waals surface area contributed by atoms with Gasteiger partial charge in [-0.1, -0.05) is 29.8 Å². The first-order valence-electron chi connectivity index (χ1n) is 10.2. The molecule has 0 unspecified atom stereocenters. The number of halogens is 7. The second-order valence-electron chi connectivity index (χ2n) is 7.71. The Labute approximate surface area is 206 Å². The van der Waals surface area contributed by atoms with Gasteiger partial charge in [-0.25, -0.2) is 0 Å². The summed E-state index contributed by atoms with van der Waals surface area (Å²) in [5, 5.41) is 5.75. The third kappa shape index (κ3) is 6.91. The quantitative estimate of drug-likeness (QED) is 0.285. The monoisotopic (exact) mass is 529 g/mol. The zero-order valence-corrected chi connectivity index (χ0v) is 19.2.